The summed E-state index contributed by atoms with van der Waals surface area (Å²) in [6, 6.07) is 32.3. The molecule has 2 aliphatic carbocycles. The van der Waals surface area contributed by atoms with Gasteiger partial charge in [0.1, 0.15) is 0 Å². The molecule has 32 heavy (non-hydrogen) atoms. The van der Waals surface area contributed by atoms with Gasteiger partial charge in [0, 0.05) is 0 Å². The molecule has 4 heteroatoms. The summed E-state index contributed by atoms with van der Waals surface area (Å²) in [5.74, 6) is 0. The third-order valence-electron chi connectivity index (χ3n) is 7.43. The van der Waals surface area contributed by atoms with Crippen molar-refractivity contribution in [3.8, 4) is 22.3 Å². The molecule has 0 amide bonds. The van der Waals surface area contributed by atoms with Crippen LogP contribution in [0.15, 0.2) is 84.9 Å². The summed E-state index contributed by atoms with van der Waals surface area (Å²) in [4.78, 5) is 0. The monoisotopic (exact) mass is 598 g/mol. The Hall–Kier alpha value is -1.11. The van der Waals surface area contributed by atoms with E-state index in [-0.39, 0.29) is 24.8 Å². The van der Waals surface area contributed by atoms with Crippen LogP contribution in [0.1, 0.15) is 22.3 Å². The van der Waals surface area contributed by atoms with Gasteiger partial charge in [0.2, 0.25) is 0 Å². The maximum absolute atomic E-state index is 3.33. The molecular weight excluding hydrogens is 571 g/mol. The molecule has 4 aromatic rings. The van der Waals surface area contributed by atoms with Crippen molar-refractivity contribution in [2.45, 2.75) is 22.1 Å². The second-order valence-corrected chi connectivity index (χ2v) is 52.2. The minimum atomic E-state index is -3.33. The predicted molar refractivity (Wildman–Crippen MR) is 143 cm³/mol. The van der Waals surface area contributed by atoms with Crippen LogP contribution in [0.5, 0.6) is 0 Å². The zero-order chi connectivity index (χ0) is 20.5. The SMILES string of the molecule is Cl.Cl.[CH3][Zr]([CH3])(=[GeH2])([c]1cccc2c1Cc1ccccc1-2)[c]1cccc2c1Cc1ccccc1-2. The van der Waals surface area contributed by atoms with E-state index in [4.69, 9.17) is 0 Å². The molecule has 0 atom stereocenters. The van der Waals surface area contributed by atoms with Gasteiger partial charge in [-0.1, -0.05) is 0 Å². The van der Waals surface area contributed by atoms with E-state index in [2.05, 4.69) is 94.2 Å². The molecule has 4 aromatic carbocycles. The van der Waals surface area contributed by atoms with Gasteiger partial charge in [-0.3, -0.25) is 0 Å². The molecule has 2 aliphatic rings. The average molecular weight is 599 g/mol. The van der Waals surface area contributed by atoms with Gasteiger partial charge in [-0.15, -0.1) is 24.8 Å². The third kappa shape index (κ3) is 3.43. The zero-order valence-electron chi connectivity index (χ0n) is 18.5. The maximum atomic E-state index is 2.69. The molecule has 6 rings (SSSR count). The van der Waals surface area contributed by atoms with Crippen molar-refractivity contribution >= 4 is 43.5 Å². The number of hydrogen-bond donors (Lipinski definition) is 0. The number of rotatable bonds is 2. The Morgan fingerprint density at radius 1 is 0.531 bits per heavy atom. The molecule has 0 saturated heterocycles. The first-order valence-electron chi connectivity index (χ1n) is 10.9. The van der Waals surface area contributed by atoms with Crippen molar-refractivity contribution in [1.29, 1.82) is 0 Å². The summed E-state index contributed by atoms with van der Waals surface area (Å²) in [5, 5.41) is 0. The van der Waals surface area contributed by atoms with Gasteiger partial charge in [-0.2, -0.15) is 0 Å². The summed E-state index contributed by atoms with van der Waals surface area (Å²) < 4.78 is 8.82. The molecule has 0 bridgehead atoms. The van der Waals surface area contributed by atoms with Crippen molar-refractivity contribution in [3.05, 3.63) is 107 Å². The van der Waals surface area contributed by atoms with Gasteiger partial charge in [-0.25, -0.2) is 0 Å². The average Bonchev–Trinajstić information content (AvgIpc) is 3.31. The van der Waals surface area contributed by atoms with Gasteiger partial charge in [0.15, 0.2) is 0 Å². The Bertz CT molecular complexity index is 1330. The Morgan fingerprint density at radius 3 is 1.34 bits per heavy atom. The van der Waals surface area contributed by atoms with Gasteiger partial charge in [0.05, 0.1) is 0 Å². The Balaban J connectivity index is 0.00000122. The fraction of sp³-hybridized carbons (Fsp3) is 0.143. The van der Waals surface area contributed by atoms with Crippen LogP contribution in [0.25, 0.3) is 22.3 Å². The molecule has 162 valence electrons. The normalized spacial score (nSPS) is 13.2. The van der Waals surface area contributed by atoms with Crippen LogP contribution in [0.4, 0.5) is 0 Å². The molecule has 0 aromatic heterocycles. The first-order chi connectivity index (χ1) is 14.4. The van der Waals surface area contributed by atoms with Crippen LogP contribution in [0.2, 0.25) is 9.26 Å². The fourth-order valence-corrected chi connectivity index (χ4v) is 23.9. The van der Waals surface area contributed by atoms with Gasteiger partial charge < -0.3 is 0 Å². The fourth-order valence-electron chi connectivity index (χ4n) is 5.96. The van der Waals surface area contributed by atoms with Crippen molar-refractivity contribution in [2.24, 2.45) is 0 Å². The molecule has 0 spiro atoms. The molecule has 0 aliphatic heterocycles. The van der Waals surface area contributed by atoms with Gasteiger partial charge in [0.25, 0.3) is 0 Å². The van der Waals surface area contributed by atoms with Crippen LogP contribution >= 0.6 is 24.8 Å². The van der Waals surface area contributed by atoms with E-state index in [1.807, 2.05) is 0 Å². The number of hydrogen-bond acceptors (Lipinski definition) is 0. The Labute approximate surface area is 209 Å². The van der Waals surface area contributed by atoms with E-state index in [0.717, 1.165) is 12.8 Å². The molecule has 0 unspecified atom stereocenters. The summed E-state index contributed by atoms with van der Waals surface area (Å²) in [5.41, 5.74) is 12.1. The van der Waals surface area contributed by atoms with E-state index in [1.165, 1.54) is 45.5 Å². The van der Waals surface area contributed by atoms with Crippen molar-refractivity contribution in [2.75, 3.05) is 0 Å². The van der Waals surface area contributed by atoms with Crippen LogP contribution < -0.4 is 6.54 Å². The van der Waals surface area contributed by atoms with Gasteiger partial charge in [-0.05, 0) is 0 Å². The molecule has 0 nitrogen and oxygen atoms in total. The molecule has 0 saturated carbocycles. The topological polar surface area (TPSA) is 0 Å². The zero-order valence-corrected chi connectivity index (χ0v) is 25.6. The standard InChI is InChI=1S/2C13H9.2CH3.2ClH.GeH2.Zr/c2*1-3-7-12-10(5-1)9-11-6-2-4-8-13(11)12;;;;;;/h2*1-5,7-8H,9H2;2*1H3;2*1H;1H2;. The van der Waals surface area contributed by atoms with Crippen LogP contribution in [-0.2, 0) is 28.5 Å². The molecular formula is C28H28Cl2GeZr. The first kappa shape index (κ1) is 24.0. The summed E-state index contributed by atoms with van der Waals surface area (Å²) in [7, 11) is 0. The summed E-state index contributed by atoms with van der Waals surface area (Å²) >= 11 is -1.94. The van der Waals surface area contributed by atoms with Crippen molar-refractivity contribution in [3.63, 3.8) is 0 Å². The van der Waals surface area contributed by atoms with E-state index in [9.17, 15) is 0 Å². The van der Waals surface area contributed by atoms with E-state index < -0.39 is 15.7 Å². The summed E-state index contributed by atoms with van der Waals surface area (Å²) in [6.07, 6.45) is 2.20. The second kappa shape index (κ2) is 8.28. The van der Waals surface area contributed by atoms with E-state index >= 15 is 0 Å². The van der Waals surface area contributed by atoms with E-state index in [0.29, 0.717) is 0 Å². The summed E-state index contributed by atoms with van der Waals surface area (Å²) in [6.45, 7) is 0. The van der Waals surface area contributed by atoms with Crippen molar-refractivity contribution in [1.82, 2.24) is 0 Å². The minimum absolute atomic E-state index is 0. The van der Waals surface area contributed by atoms with Gasteiger partial charge >= 0.3 is 186 Å². The van der Waals surface area contributed by atoms with Crippen LogP contribution in [0.3, 0.4) is 0 Å². The third-order valence-corrected chi connectivity index (χ3v) is 27.7. The Morgan fingerprint density at radius 2 is 0.906 bits per heavy atom. The molecule has 0 heterocycles. The Kier molecular flexibility index (Phi) is 6.21. The molecule has 0 fully saturated rings. The number of halogens is 2. The molecule has 0 N–H and O–H groups in total. The van der Waals surface area contributed by atoms with Crippen LogP contribution in [-0.4, -0.2) is 12.1 Å². The second-order valence-electron chi connectivity index (χ2n) is 10.0. The van der Waals surface area contributed by atoms with Crippen LogP contribution in [0, 0.1) is 0 Å². The van der Waals surface area contributed by atoms with E-state index in [1.54, 1.807) is 17.7 Å². The molecule has 0 radical (unpaired) electrons. The predicted octanol–water partition coefficient (Wildman–Crippen LogP) is 5.96. The number of fused-ring (bicyclic) bond motifs is 6. The number of benzene rings is 4. The quantitative estimate of drug-likeness (QED) is 0.216. The first-order valence-corrected chi connectivity index (χ1v) is 28.8. The van der Waals surface area contributed by atoms with Crippen molar-refractivity contribution < 1.29 is 15.7 Å².